The molecule has 0 spiro atoms. The van der Waals surface area contributed by atoms with E-state index in [0.717, 1.165) is 11.4 Å². The lowest BCUT2D eigenvalue weighted by molar-refractivity contribution is -0.140. The second-order valence-corrected chi connectivity index (χ2v) is 7.24. The molecule has 152 valence electrons. The molecule has 3 aliphatic rings. The molecule has 2 aliphatic carbocycles. The number of rotatable bonds is 7. The van der Waals surface area contributed by atoms with E-state index >= 15 is 0 Å². The van der Waals surface area contributed by atoms with Crippen LogP contribution in [0.25, 0.3) is 0 Å². The fourth-order valence-corrected chi connectivity index (χ4v) is 4.39. The number of primary amides is 1. The highest BCUT2D eigenvalue weighted by molar-refractivity contribution is 6.06. The number of benzene rings is 1. The maximum absolute atomic E-state index is 12.7. The average Bonchev–Trinajstić information content (AvgIpc) is 3.38. The van der Waals surface area contributed by atoms with Crippen LogP contribution < -0.4 is 19.9 Å². The minimum atomic E-state index is -0.639. The first-order chi connectivity index (χ1) is 13.9. The van der Waals surface area contributed by atoms with E-state index in [-0.39, 0.29) is 47.8 Å². The minimum Gasteiger partial charge on any atom is -0.493 e. The van der Waals surface area contributed by atoms with Crippen molar-refractivity contribution >= 4 is 23.9 Å². The highest BCUT2D eigenvalue weighted by atomic mass is 16.5. The summed E-state index contributed by atoms with van der Waals surface area (Å²) >= 11 is 0. The fraction of sp³-hybridized carbons (Fsp3) is 0.400. The molecular weight excluding hydrogens is 378 g/mol. The molecule has 2 N–H and O–H groups in total. The summed E-state index contributed by atoms with van der Waals surface area (Å²) < 4.78 is 16.0. The number of amides is 3. The van der Waals surface area contributed by atoms with Crippen molar-refractivity contribution in [2.75, 3.05) is 20.8 Å². The summed E-state index contributed by atoms with van der Waals surface area (Å²) in [5.74, 6) is -0.688. The minimum absolute atomic E-state index is 0.128. The van der Waals surface area contributed by atoms with Gasteiger partial charge in [-0.25, -0.2) is 0 Å². The molecule has 1 aromatic rings. The lowest BCUT2D eigenvalue weighted by atomic mass is 9.85. The summed E-state index contributed by atoms with van der Waals surface area (Å²) in [5.41, 5.74) is 5.65. The number of carbonyl (C=O) groups is 3. The number of imide groups is 1. The zero-order valence-electron chi connectivity index (χ0n) is 16.0. The van der Waals surface area contributed by atoms with Gasteiger partial charge in [0.1, 0.15) is 0 Å². The van der Waals surface area contributed by atoms with Gasteiger partial charge in [0.25, 0.3) is 17.7 Å². The van der Waals surface area contributed by atoms with Gasteiger partial charge in [-0.05, 0) is 30.4 Å². The van der Waals surface area contributed by atoms with Crippen LogP contribution in [0.3, 0.4) is 0 Å². The Morgan fingerprint density at radius 1 is 1.14 bits per heavy atom. The second-order valence-electron chi connectivity index (χ2n) is 7.24. The molecule has 2 fully saturated rings. The smallest absolute Gasteiger partial charge is 0.255 e. The fourth-order valence-electron chi connectivity index (χ4n) is 4.39. The lowest BCUT2D eigenvalue weighted by Gasteiger charge is -2.15. The van der Waals surface area contributed by atoms with Gasteiger partial charge in [0.15, 0.2) is 18.1 Å². The Morgan fingerprint density at radius 3 is 2.17 bits per heavy atom. The Kier molecular flexibility index (Phi) is 4.73. The van der Waals surface area contributed by atoms with Gasteiger partial charge >= 0.3 is 0 Å². The zero-order chi connectivity index (χ0) is 20.7. The van der Waals surface area contributed by atoms with Crippen LogP contribution in [0.2, 0.25) is 0 Å². The quantitative estimate of drug-likeness (QED) is 0.410. The van der Waals surface area contributed by atoms with Gasteiger partial charge in [0.05, 0.1) is 32.3 Å². The van der Waals surface area contributed by atoms with Crippen LogP contribution in [0.5, 0.6) is 17.2 Å². The number of carbonyl (C=O) groups excluding carboxylic acids is 3. The Bertz CT molecular complexity index is 885. The molecule has 3 amide bonds. The summed E-state index contributed by atoms with van der Waals surface area (Å²) in [7, 11) is 2.87. The molecule has 0 radical (unpaired) electrons. The van der Waals surface area contributed by atoms with Crippen LogP contribution >= 0.6 is 0 Å². The molecule has 1 saturated carbocycles. The van der Waals surface area contributed by atoms with Crippen molar-refractivity contribution < 1.29 is 28.6 Å². The normalized spacial score (nSPS) is 27.0. The SMILES string of the molecule is COc1cc(C=NN2C(=O)C3C4C=CC(C4)C3C2=O)cc(OC)c1OCC(N)=O. The lowest BCUT2D eigenvalue weighted by Crippen LogP contribution is -2.28. The molecule has 2 bridgehead atoms. The standard InChI is InChI=1S/C20H21N3O6/c1-27-13-5-10(6-14(28-2)18(13)29-9-15(21)24)8-22-23-19(25)16-11-3-4-12(7-11)17(16)20(23)26/h3-6,8,11-12,16-17H,7,9H2,1-2H3,(H2,21,24). The molecule has 4 atom stereocenters. The van der Waals surface area contributed by atoms with E-state index in [4.69, 9.17) is 19.9 Å². The van der Waals surface area contributed by atoms with Gasteiger partial charge in [-0.15, -0.1) is 0 Å². The number of nitrogens with zero attached hydrogens (tertiary/aromatic N) is 2. The number of allylic oxidation sites excluding steroid dienone is 2. The van der Waals surface area contributed by atoms with Crippen LogP contribution in [0.1, 0.15) is 12.0 Å². The molecule has 1 aliphatic heterocycles. The number of hydrogen-bond acceptors (Lipinski definition) is 7. The first kappa shape index (κ1) is 19.0. The third kappa shape index (κ3) is 3.12. The first-order valence-corrected chi connectivity index (χ1v) is 9.21. The largest absolute Gasteiger partial charge is 0.493 e. The van der Waals surface area contributed by atoms with Crippen molar-refractivity contribution in [2.24, 2.45) is 34.5 Å². The van der Waals surface area contributed by atoms with Crippen molar-refractivity contribution in [3.8, 4) is 17.2 Å². The van der Waals surface area contributed by atoms with Crippen molar-refractivity contribution in [1.29, 1.82) is 0 Å². The molecule has 9 nitrogen and oxygen atoms in total. The molecule has 0 aromatic heterocycles. The van der Waals surface area contributed by atoms with Gasteiger partial charge in [-0.1, -0.05) is 12.2 Å². The number of nitrogens with two attached hydrogens (primary N) is 1. The molecule has 1 aromatic carbocycles. The maximum Gasteiger partial charge on any atom is 0.255 e. The van der Waals surface area contributed by atoms with Gasteiger partial charge in [0.2, 0.25) is 5.75 Å². The van der Waals surface area contributed by atoms with Crippen molar-refractivity contribution in [3.63, 3.8) is 0 Å². The van der Waals surface area contributed by atoms with Crippen molar-refractivity contribution in [3.05, 3.63) is 29.8 Å². The van der Waals surface area contributed by atoms with E-state index in [1.165, 1.54) is 20.4 Å². The predicted octanol–water partition coefficient (Wildman–Crippen LogP) is 0.709. The Hall–Kier alpha value is -3.36. The van der Waals surface area contributed by atoms with Crippen LogP contribution in [-0.4, -0.2) is 49.8 Å². The van der Waals surface area contributed by atoms with Crippen molar-refractivity contribution in [2.45, 2.75) is 6.42 Å². The summed E-state index contributed by atoms with van der Waals surface area (Å²) in [5, 5.41) is 5.11. The monoisotopic (exact) mass is 399 g/mol. The zero-order valence-corrected chi connectivity index (χ0v) is 16.0. The van der Waals surface area contributed by atoms with Gasteiger partial charge in [-0.3, -0.25) is 14.4 Å². The van der Waals surface area contributed by atoms with E-state index in [0.29, 0.717) is 17.1 Å². The molecular formula is C20H21N3O6. The topological polar surface area (TPSA) is 121 Å². The van der Waals surface area contributed by atoms with E-state index in [2.05, 4.69) is 5.10 Å². The van der Waals surface area contributed by atoms with Crippen LogP contribution in [0.4, 0.5) is 0 Å². The molecule has 1 saturated heterocycles. The Balaban J connectivity index is 1.58. The van der Waals surface area contributed by atoms with Crippen molar-refractivity contribution in [1.82, 2.24) is 5.01 Å². The van der Waals surface area contributed by atoms with Crippen LogP contribution in [0.15, 0.2) is 29.4 Å². The van der Waals surface area contributed by atoms with E-state index in [9.17, 15) is 14.4 Å². The Morgan fingerprint density at radius 2 is 1.69 bits per heavy atom. The predicted molar refractivity (Wildman–Crippen MR) is 101 cm³/mol. The van der Waals surface area contributed by atoms with E-state index in [1.54, 1.807) is 12.1 Å². The molecule has 29 heavy (non-hydrogen) atoms. The molecule has 9 heteroatoms. The average molecular weight is 399 g/mol. The highest BCUT2D eigenvalue weighted by Gasteiger charge is 2.59. The second kappa shape index (κ2) is 7.23. The molecule has 4 unspecified atom stereocenters. The Labute approximate surface area is 167 Å². The van der Waals surface area contributed by atoms with Gasteiger partial charge in [0, 0.05) is 5.56 Å². The third-order valence-corrected chi connectivity index (χ3v) is 5.61. The maximum atomic E-state index is 12.7. The third-order valence-electron chi connectivity index (χ3n) is 5.61. The highest BCUT2D eigenvalue weighted by Crippen LogP contribution is 2.52. The van der Waals surface area contributed by atoms with Gasteiger partial charge in [-0.2, -0.15) is 10.1 Å². The first-order valence-electron chi connectivity index (χ1n) is 9.21. The van der Waals surface area contributed by atoms with Crippen LogP contribution in [0, 0.1) is 23.7 Å². The summed E-state index contributed by atoms with van der Waals surface area (Å²) in [6, 6.07) is 3.19. The summed E-state index contributed by atoms with van der Waals surface area (Å²) in [6.45, 7) is -0.337. The molecule has 4 rings (SSSR count). The number of fused-ring (bicyclic) bond motifs is 5. The summed E-state index contributed by atoms with van der Waals surface area (Å²) in [6.07, 6.45) is 6.33. The number of hydrazone groups is 1. The van der Waals surface area contributed by atoms with Gasteiger partial charge < -0.3 is 19.9 Å². The number of methoxy groups -OCH3 is 2. The summed E-state index contributed by atoms with van der Waals surface area (Å²) in [4.78, 5) is 36.4. The number of ether oxygens (including phenoxy) is 3. The van der Waals surface area contributed by atoms with E-state index < -0.39 is 5.91 Å². The van der Waals surface area contributed by atoms with Crippen LogP contribution in [-0.2, 0) is 14.4 Å². The van der Waals surface area contributed by atoms with E-state index in [1.807, 2.05) is 12.2 Å². The number of hydrogen-bond donors (Lipinski definition) is 1. The molecule has 1 heterocycles.